The van der Waals surface area contributed by atoms with E-state index in [1.807, 2.05) is 42.2 Å². The number of nitrogens with zero attached hydrogens (tertiary/aromatic N) is 3. The second kappa shape index (κ2) is 9.73. The Morgan fingerprint density at radius 3 is 2.97 bits per heavy atom. The molecule has 3 aromatic rings. The summed E-state index contributed by atoms with van der Waals surface area (Å²) in [6, 6.07) is 9.65. The molecule has 1 saturated heterocycles. The highest BCUT2D eigenvalue weighted by atomic mass is 32.2. The Labute approximate surface area is 190 Å². The summed E-state index contributed by atoms with van der Waals surface area (Å²) in [5, 5.41) is 1.52. The van der Waals surface area contributed by atoms with E-state index in [9.17, 15) is 4.79 Å². The van der Waals surface area contributed by atoms with Crippen LogP contribution in [-0.4, -0.2) is 58.5 Å². The predicted octanol–water partition coefficient (Wildman–Crippen LogP) is 3.91. The number of rotatable bonds is 6. The number of aromatic nitrogens is 3. The van der Waals surface area contributed by atoms with Gasteiger partial charge >= 0.3 is 0 Å². The van der Waals surface area contributed by atoms with Gasteiger partial charge < -0.3 is 9.72 Å². The summed E-state index contributed by atoms with van der Waals surface area (Å²) in [4.78, 5) is 28.7. The zero-order chi connectivity index (χ0) is 21.0. The van der Waals surface area contributed by atoms with E-state index in [-0.39, 0.29) is 10.8 Å². The van der Waals surface area contributed by atoms with Gasteiger partial charge in [0.05, 0.1) is 35.1 Å². The van der Waals surface area contributed by atoms with Crippen LogP contribution in [-0.2, 0) is 11.2 Å². The maximum absolute atomic E-state index is 12.4. The van der Waals surface area contributed by atoms with Crippen LogP contribution in [0.3, 0.4) is 0 Å². The summed E-state index contributed by atoms with van der Waals surface area (Å²) in [6.45, 7) is 4.85. The van der Waals surface area contributed by atoms with Crippen LogP contribution in [0.1, 0.15) is 29.3 Å². The molecule has 1 aromatic carbocycles. The molecule has 0 amide bonds. The van der Waals surface area contributed by atoms with E-state index in [0.717, 1.165) is 69.1 Å². The Hall–Kier alpha value is -1.87. The Kier molecular flexibility index (Phi) is 6.59. The van der Waals surface area contributed by atoms with Crippen LogP contribution in [0, 0.1) is 0 Å². The first-order valence-corrected chi connectivity index (χ1v) is 12.7. The number of morpholine rings is 1. The number of benzene rings is 1. The number of para-hydroxylation sites is 1. The van der Waals surface area contributed by atoms with Crippen molar-refractivity contribution < 1.29 is 4.74 Å². The zero-order valence-electron chi connectivity index (χ0n) is 17.4. The smallest absolute Gasteiger partial charge is 0.259 e. The van der Waals surface area contributed by atoms with Crippen molar-refractivity contribution in [2.75, 3.05) is 38.6 Å². The van der Waals surface area contributed by atoms with Crippen molar-refractivity contribution in [2.24, 2.45) is 0 Å². The molecule has 1 N–H and O–H groups in total. The summed E-state index contributed by atoms with van der Waals surface area (Å²) in [5.41, 5.74) is 3.19. The SMILES string of the molecule is O=c1[nH]c(SC2CCCc3c(SCCN4CCOCC4)ccnc32)nc2ccccc12. The average Bonchev–Trinajstić information content (AvgIpc) is 2.80. The molecule has 2 aromatic heterocycles. The zero-order valence-corrected chi connectivity index (χ0v) is 19.0. The predicted molar refractivity (Wildman–Crippen MR) is 126 cm³/mol. The van der Waals surface area contributed by atoms with E-state index in [1.54, 1.807) is 11.8 Å². The number of ether oxygens (including phenoxy) is 1. The number of hydrogen-bond acceptors (Lipinski definition) is 7. The fraction of sp³-hybridized carbons (Fsp3) is 0.435. The largest absolute Gasteiger partial charge is 0.379 e. The monoisotopic (exact) mass is 454 g/mol. The van der Waals surface area contributed by atoms with E-state index in [4.69, 9.17) is 9.72 Å². The van der Waals surface area contributed by atoms with Crippen LogP contribution in [0.5, 0.6) is 0 Å². The standard InChI is InChI=1S/C23H26N4O2S2/c28-22-16-4-1-2-6-18(16)25-23(26-22)31-20-7-3-5-17-19(8-9-24-21(17)20)30-15-12-27-10-13-29-14-11-27/h1-2,4,6,8-9,20H,3,5,7,10-15H2,(H,25,26,28). The average molecular weight is 455 g/mol. The molecule has 1 unspecified atom stereocenters. The molecular weight excluding hydrogens is 428 g/mol. The molecule has 2 aliphatic rings. The first-order valence-electron chi connectivity index (χ1n) is 10.8. The van der Waals surface area contributed by atoms with E-state index in [2.05, 4.69) is 20.9 Å². The third-order valence-electron chi connectivity index (χ3n) is 5.86. The van der Waals surface area contributed by atoms with Crippen LogP contribution >= 0.6 is 23.5 Å². The molecule has 1 aliphatic heterocycles. The maximum Gasteiger partial charge on any atom is 0.259 e. The van der Waals surface area contributed by atoms with Gasteiger partial charge in [-0.2, -0.15) is 0 Å². The fourth-order valence-electron chi connectivity index (χ4n) is 4.23. The number of nitrogens with one attached hydrogen (secondary N) is 1. The summed E-state index contributed by atoms with van der Waals surface area (Å²) in [7, 11) is 0. The Balaban J connectivity index is 1.32. The fourth-order valence-corrected chi connectivity index (χ4v) is 6.51. The molecule has 3 heterocycles. The molecule has 5 rings (SSSR count). The first-order chi connectivity index (χ1) is 15.3. The lowest BCUT2D eigenvalue weighted by atomic mass is 9.96. The summed E-state index contributed by atoms with van der Waals surface area (Å²) in [6.07, 6.45) is 5.18. The van der Waals surface area contributed by atoms with Crippen LogP contribution in [0.25, 0.3) is 10.9 Å². The van der Waals surface area contributed by atoms with Gasteiger partial charge in [-0.15, -0.1) is 11.8 Å². The third-order valence-corrected chi connectivity index (χ3v) is 8.10. The summed E-state index contributed by atoms with van der Waals surface area (Å²) >= 11 is 3.57. The van der Waals surface area contributed by atoms with Crippen molar-refractivity contribution in [3.63, 3.8) is 0 Å². The van der Waals surface area contributed by atoms with Crippen molar-refractivity contribution in [1.29, 1.82) is 0 Å². The lowest BCUT2D eigenvalue weighted by Gasteiger charge is -2.27. The van der Waals surface area contributed by atoms with Gasteiger partial charge in [0.25, 0.3) is 5.56 Å². The Bertz CT molecular complexity index is 1110. The van der Waals surface area contributed by atoms with Crippen LogP contribution in [0.15, 0.2) is 51.4 Å². The number of hydrogen-bond donors (Lipinski definition) is 1. The van der Waals surface area contributed by atoms with E-state index < -0.39 is 0 Å². The molecule has 8 heteroatoms. The number of H-pyrrole nitrogens is 1. The van der Waals surface area contributed by atoms with Gasteiger partial charge in [0.15, 0.2) is 5.16 Å². The molecule has 162 valence electrons. The number of pyridine rings is 1. The summed E-state index contributed by atoms with van der Waals surface area (Å²) in [5.74, 6) is 1.08. The minimum absolute atomic E-state index is 0.0792. The van der Waals surface area contributed by atoms with E-state index in [1.165, 1.54) is 10.5 Å². The molecular formula is C23H26N4O2S2. The van der Waals surface area contributed by atoms with E-state index in [0.29, 0.717) is 10.5 Å². The molecule has 6 nitrogen and oxygen atoms in total. The number of aromatic amines is 1. The second-order valence-electron chi connectivity index (χ2n) is 7.86. The minimum Gasteiger partial charge on any atom is -0.379 e. The van der Waals surface area contributed by atoms with Gasteiger partial charge in [0, 0.05) is 36.5 Å². The van der Waals surface area contributed by atoms with Crippen molar-refractivity contribution in [3.8, 4) is 0 Å². The third kappa shape index (κ3) is 4.82. The van der Waals surface area contributed by atoms with Crippen LogP contribution in [0.2, 0.25) is 0 Å². The van der Waals surface area contributed by atoms with Gasteiger partial charge in [0.1, 0.15) is 0 Å². The maximum atomic E-state index is 12.4. The van der Waals surface area contributed by atoms with Gasteiger partial charge in [-0.05, 0) is 43.0 Å². The van der Waals surface area contributed by atoms with Crippen molar-refractivity contribution >= 4 is 34.4 Å². The molecule has 0 bridgehead atoms. The highest BCUT2D eigenvalue weighted by molar-refractivity contribution is 7.99. The van der Waals surface area contributed by atoms with E-state index >= 15 is 0 Å². The molecule has 0 radical (unpaired) electrons. The van der Waals surface area contributed by atoms with Crippen molar-refractivity contribution in [1.82, 2.24) is 19.9 Å². The second-order valence-corrected chi connectivity index (χ2v) is 10.2. The minimum atomic E-state index is -0.0792. The number of thioether (sulfide) groups is 2. The molecule has 0 saturated carbocycles. The number of fused-ring (bicyclic) bond motifs is 2. The van der Waals surface area contributed by atoms with Gasteiger partial charge in [0.2, 0.25) is 0 Å². The Morgan fingerprint density at radius 2 is 2.06 bits per heavy atom. The normalized spacial score (nSPS) is 19.4. The van der Waals surface area contributed by atoms with Crippen molar-refractivity contribution in [3.05, 3.63) is 58.1 Å². The molecule has 1 atom stereocenters. The van der Waals surface area contributed by atoms with Crippen LogP contribution in [0.4, 0.5) is 0 Å². The van der Waals surface area contributed by atoms with Crippen molar-refractivity contribution in [2.45, 2.75) is 34.6 Å². The first kappa shape index (κ1) is 21.0. The molecule has 0 spiro atoms. The van der Waals surface area contributed by atoms with Crippen LogP contribution < -0.4 is 5.56 Å². The molecule has 31 heavy (non-hydrogen) atoms. The summed E-state index contributed by atoms with van der Waals surface area (Å²) < 4.78 is 5.44. The highest BCUT2D eigenvalue weighted by Crippen LogP contribution is 2.43. The molecule has 1 aliphatic carbocycles. The Morgan fingerprint density at radius 1 is 1.19 bits per heavy atom. The topological polar surface area (TPSA) is 71.1 Å². The quantitative estimate of drug-likeness (QED) is 0.447. The lowest BCUT2D eigenvalue weighted by molar-refractivity contribution is 0.0410. The lowest BCUT2D eigenvalue weighted by Crippen LogP contribution is -2.37. The van der Waals surface area contributed by atoms with Gasteiger partial charge in [-0.1, -0.05) is 23.9 Å². The van der Waals surface area contributed by atoms with Gasteiger partial charge in [-0.25, -0.2) is 4.98 Å². The highest BCUT2D eigenvalue weighted by Gasteiger charge is 2.26. The van der Waals surface area contributed by atoms with Gasteiger partial charge in [-0.3, -0.25) is 14.7 Å². The molecule has 1 fully saturated rings.